The van der Waals surface area contributed by atoms with Gasteiger partial charge in [-0.3, -0.25) is 25.0 Å². The predicted octanol–water partition coefficient (Wildman–Crippen LogP) is 3.91. The van der Waals surface area contributed by atoms with Gasteiger partial charge < -0.3 is 9.94 Å². The van der Waals surface area contributed by atoms with E-state index in [4.69, 9.17) is 4.84 Å². The van der Waals surface area contributed by atoms with Gasteiger partial charge in [0.2, 0.25) is 0 Å². The van der Waals surface area contributed by atoms with Crippen molar-refractivity contribution in [2.75, 3.05) is 0 Å². The molecule has 4 aromatic rings. The average Bonchev–Trinajstić information content (AvgIpc) is 2.89. The number of para-hydroxylation sites is 1. The Morgan fingerprint density at radius 2 is 1.73 bits per heavy atom. The summed E-state index contributed by atoms with van der Waals surface area (Å²) in [5.41, 5.74) is -0.108. The Morgan fingerprint density at radius 1 is 1.00 bits per heavy atom. The molecule has 0 saturated carbocycles. The summed E-state index contributed by atoms with van der Waals surface area (Å²) in [4.78, 5) is 44.0. The number of nitro groups is 2. The molecule has 13 heteroatoms. The van der Waals surface area contributed by atoms with Crippen LogP contribution >= 0.6 is 0 Å². The topological polar surface area (TPSA) is 175 Å². The average molecular weight is 502 g/mol. The third-order valence-corrected chi connectivity index (χ3v) is 5.18. The number of aromatic nitrogens is 2. The number of fused-ring (bicyclic) bond motifs is 1. The molecule has 13 nitrogen and oxygen atoms in total. The summed E-state index contributed by atoms with van der Waals surface area (Å²) in [7, 11) is 0. The lowest BCUT2D eigenvalue weighted by Crippen LogP contribution is -2.24. The van der Waals surface area contributed by atoms with Gasteiger partial charge in [0, 0.05) is 35.4 Å². The summed E-state index contributed by atoms with van der Waals surface area (Å²) in [6.45, 7) is 1.57. The number of hydrogen-bond acceptors (Lipinski definition) is 10. The van der Waals surface area contributed by atoms with Crippen LogP contribution in [-0.4, -0.2) is 37.0 Å². The lowest BCUT2D eigenvalue weighted by Gasteiger charge is -2.14. The predicted molar refractivity (Wildman–Crippen MR) is 134 cm³/mol. The highest BCUT2D eigenvalue weighted by Gasteiger charge is 2.18. The van der Waals surface area contributed by atoms with E-state index in [1.54, 1.807) is 37.3 Å². The van der Waals surface area contributed by atoms with Crippen LogP contribution in [-0.2, 0) is 4.84 Å². The molecule has 37 heavy (non-hydrogen) atoms. The van der Waals surface area contributed by atoms with E-state index in [0.29, 0.717) is 11.1 Å². The Hall–Kier alpha value is -5.46. The first-order chi connectivity index (χ1) is 17.7. The Kier molecular flexibility index (Phi) is 6.95. The molecule has 0 bridgehead atoms. The van der Waals surface area contributed by atoms with Crippen molar-refractivity contribution in [2.45, 2.75) is 13.0 Å². The Bertz CT molecular complexity index is 1630. The molecular formula is C24H18N6O7. The maximum atomic E-state index is 13.2. The van der Waals surface area contributed by atoms with Gasteiger partial charge in [0.1, 0.15) is 5.75 Å². The van der Waals surface area contributed by atoms with Gasteiger partial charge in [0.15, 0.2) is 11.9 Å². The number of phenols is 1. The summed E-state index contributed by atoms with van der Waals surface area (Å²) >= 11 is 0. The van der Waals surface area contributed by atoms with Crippen molar-refractivity contribution in [1.82, 2.24) is 9.66 Å². The quantitative estimate of drug-likeness (QED) is 0.214. The fourth-order valence-electron chi connectivity index (χ4n) is 3.34. The van der Waals surface area contributed by atoms with Gasteiger partial charge in [-0.15, -0.1) is 0 Å². The molecule has 1 N–H and O–H groups in total. The SMILES string of the molecule is CC(ON=Cc1cccc([N+](=O)[O-])c1)c1nc2ccccc2c(=O)n1N=Cc1cc([N+](=O)[O-])ccc1O. The fraction of sp³-hybridized carbons (Fsp3) is 0.0833. The molecule has 0 spiro atoms. The van der Waals surface area contributed by atoms with E-state index < -0.39 is 21.5 Å². The van der Waals surface area contributed by atoms with E-state index >= 15 is 0 Å². The third-order valence-electron chi connectivity index (χ3n) is 5.18. The zero-order valence-corrected chi connectivity index (χ0v) is 19.2. The lowest BCUT2D eigenvalue weighted by molar-refractivity contribution is -0.385. The number of aromatic hydroxyl groups is 1. The van der Waals surface area contributed by atoms with Crippen LogP contribution in [0.25, 0.3) is 10.9 Å². The molecule has 0 radical (unpaired) electrons. The number of rotatable bonds is 8. The van der Waals surface area contributed by atoms with Gasteiger partial charge in [-0.25, -0.2) is 4.98 Å². The molecule has 1 unspecified atom stereocenters. The van der Waals surface area contributed by atoms with Crippen molar-refractivity contribution in [3.8, 4) is 5.75 Å². The highest BCUT2D eigenvalue weighted by molar-refractivity contribution is 5.84. The number of nitrogens with zero attached hydrogens (tertiary/aromatic N) is 6. The van der Waals surface area contributed by atoms with Crippen molar-refractivity contribution in [1.29, 1.82) is 0 Å². The van der Waals surface area contributed by atoms with Crippen LogP contribution in [0.4, 0.5) is 11.4 Å². The summed E-state index contributed by atoms with van der Waals surface area (Å²) in [6, 6.07) is 15.7. The highest BCUT2D eigenvalue weighted by Crippen LogP contribution is 2.22. The number of oxime groups is 1. The summed E-state index contributed by atoms with van der Waals surface area (Å²) in [6.07, 6.45) is 1.46. The normalized spacial score (nSPS) is 12.2. The maximum absolute atomic E-state index is 13.2. The maximum Gasteiger partial charge on any atom is 0.282 e. The standard InChI is InChI=1S/C24H18N6O7/c1-15(37-26-13-16-5-4-6-18(11-16)29(33)34)23-27-21-8-3-2-7-20(21)24(32)28(23)25-14-17-12-19(30(35)36)9-10-22(17)31/h2-15,31H,1H3. The van der Waals surface area contributed by atoms with E-state index in [-0.39, 0.29) is 33.9 Å². The van der Waals surface area contributed by atoms with E-state index in [9.17, 15) is 30.1 Å². The molecule has 0 aliphatic heterocycles. The Labute approximate surface area is 207 Å². The van der Waals surface area contributed by atoms with E-state index in [0.717, 1.165) is 29.1 Å². The Balaban J connectivity index is 1.71. The second-order valence-corrected chi connectivity index (χ2v) is 7.68. The molecule has 1 aromatic heterocycles. The highest BCUT2D eigenvalue weighted by atomic mass is 16.6. The monoisotopic (exact) mass is 502 g/mol. The van der Waals surface area contributed by atoms with Crippen LogP contribution < -0.4 is 5.56 Å². The van der Waals surface area contributed by atoms with E-state index in [1.807, 2.05) is 0 Å². The molecule has 0 fully saturated rings. The fourth-order valence-corrected chi connectivity index (χ4v) is 3.34. The third kappa shape index (κ3) is 5.45. The van der Waals surface area contributed by atoms with Gasteiger partial charge in [-0.2, -0.15) is 9.78 Å². The molecule has 1 atom stereocenters. The second-order valence-electron chi connectivity index (χ2n) is 7.68. The molecule has 1 heterocycles. The van der Waals surface area contributed by atoms with Gasteiger partial charge in [0.05, 0.1) is 33.2 Å². The van der Waals surface area contributed by atoms with Crippen LogP contribution in [0, 0.1) is 20.2 Å². The Morgan fingerprint density at radius 3 is 2.49 bits per heavy atom. The minimum atomic E-state index is -0.914. The smallest absolute Gasteiger partial charge is 0.282 e. The van der Waals surface area contributed by atoms with Crippen LogP contribution in [0.3, 0.4) is 0 Å². The molecule has 0 aliphatic rings. The molecule has 0 saturated heterocycles. The van der Waals surface area contributed by atoms with Crippen LogP contribution in [0.5, 0.6) is 5.75 Å². The van der Waals surface area contributed by atoms with Crippen molar-refractivity contribution >= 4 is 34.7 Å². The molecule has 0 amide bonds. The minimum Gasteiger partial charge on any atom is -0.507 e. The zero-order valence-electron chi connectivity index (χ0n) is 19.2. The van der Waals surface area contributed by atoms with Gasteiger partial charge >= 0.3 is 0 Å². The molecular weight excluding hydrogens is 484 g/mol. The molecule has 0 aliphatic carbocycles. The number of nitro benzene ring substituents is 2. The van der Waals surface area contributed by atoms with Gasteiger partial charge in [-0.05, 0) is 25.1 Å². The zero-order chi connectivity index (χ0) is 26.5. The van der Waals surface area contributed by atoms with Crippen LogP contribution in [0.2, 0.25) is 0 Å². The first-order valence-electron chi connectivity index (χ1n) is 10.7. The van der Waals surface area contributed by atoms with Crippen molar-refractivity contribution in [3.63, 3.8) is 0 Å². The van der Waals surface area contributed by atoms with E-state index in [2.05, 4.69) is 15.2 Å². The van der Waals surface area contributed by atoms with Crippen molar-refractivity contribution < 1.29 is 19.8 Å². The second kappa shape index (κ2) is 10.4. The summed E-state index contributed by atoms with van der Waals surface area (Å²) in [5.74, 6) is -0.218. The largest absolute Gasteiger partial charge is 0.507 e. The number of phenolic OH excluding ortho intramolecular Hbond substituents is 1. The van der Waals surface area contributed by atoms with E-state index in [1.165, 1.54) is 24.4 Å². The number of hydrogen-bond donors (Lipinski definition) is 1. The van der Waals surface area contributed by atoms with Crippen molar-refractivity contribution in [2.24, 2.45) is 10.3 Å². The minimum absolute atomic E-state index is 0.0115. The van der Waals surface area contributed by atoms with Gasteiger partial charge in [-0.1, -0.05) is 29.4 Å². The lowest BCUT2D eigenvalue weighted by atomic mass is 10.2. The number of benzene rings is 3. The van der Waals surface area contributed by atoms with Crippen LogP contribution in [0.15, 0.2) is 81.8 Å². The summed E-state index contributed by atoms with van der Waals surface area (Å²) in [5, 5.41) is 40.4. The first-order valence-corrected chi connectivity index (χ1v) is 10.7. The van der Waals surface area contributed by atoms with Gasteiger partial charge in [0.25, 0.3) is 16.9 Å². The summed E-state index contributed by atoms with van der Waals surface area (Å²) < 4.78 is 0.953. The molecule has 3 aromatic carbocycles. The van der Waals surface area contributed by atoms with Crippen molar-refractivity contribution in [3.05, 3.63) is 114 Å². The molecule has 4 rings (SSSR count). The first kappa shape index (κ1) is 24.7. The van der Waals surface area contributed by atoms with Crippen LogP contribution in [0.1, 0.15) is 30.0 Å². The number of non-ortho nitro benzene ring substituents is 2. The molecule has 186 valence electrons.